The van der Waals surface area contributed by atoms with Crippen molar-refractivity contribution in [3.05, 3.63) is 29.3 Å². The van der Waals surface area contributed by atoms with E-state index in [1.807, 2.05) is 13.1 Å². The van der Waals surface area contributed by atoms with Gasteiger partial charge in [0.25, 0.3) is 0 Å². The van der Waals surface area contributed by atoms with Crippen LogP contribution in [0.5, 0.6) is 5.75 Å². The van der Waals surface area contributed by atoms with Gasteiger partial charge in [0.05, 0.1) is 19.3 Å². The molecule has 0 saturated heterocycles. The molecule has 106 valence electrons. The minimum atomic E-state index is 0.262. The molecular formula is C16H25NO2. The average Bonchev–Trinajstić information content (AvgIpc) is 3.24. The highest BCUT2D eigenvalue weighted by atomic mass is 16.5. The van der Waals surface area contributed by atoms with Gasteiger partial charge in [-0.2, -0.15) is 0 Å². The molecule has 0 heterocycles. The predicted octanol–water partition coefficient (Wildman–Crippen LogP) is 3.08. The van der Waals surface area contributed by atoms with Gasteiger partial charge >= 0.3 is 0 Å². The molecule has 0 radical (unpaired) electrons. The van der Waals surface area contributed by atoms with Gasteiger partial charge in [0.1, 0.15) is 5.75 Å². The maximum Gasteiger partial charge on any atom is 0.119 e. The smallest absolute Gasteiger partial charge is 0.119 e. The predicted molar refractivity (Wildman–Crippen MR) is 77.7 cm³/mol. The second-order valence-corrected chi connectivity index (χ2v) is 5.25. The number of likely N-dealkylation sites (N-methyl/N-ethyl adjacent to an activating group) is 1. The monoisotopic (exact) mass is 263 g/mol. The van der Waals surface area contributed by atoms with Gasteiger partial charge in [0, 0.05) is 6.61 Å². The van der Waals surface area contributed by atoms with Crippen LogP contribution in [0.2, 0.25) is 0 Å². The first-order valence-electron chi connectivity index (χ1n) is 7.14. The molecule has 19 heavy (non-hydrogen) atoms. The van der Waals surface area contributed by atoms with Crippen molar-refractivity contribution >= 4 is 0 Å². The van der Waals surface area contributed by atoms with Crippen LogP contribution in [0.4, 0.5) is 0 Å². The molecule has 3 nitrogen and oxygen atoms in total. The third kappa shape index (κ3) is 3.28. The molecule has 2 rings (SSSR count). The summed E-state index contributed by atoms with van der Waals surface area (Å²) in [5, 5.41) is 3.44. The lowest BCUT2D eigenvalue weighted by atomic mass is 9.94. The number of rotatable bonds is 7. The highest BCUT2D eigenvalue weighted by molar-refractivity contribution is 5.37. The fourth-order valence-electron chi connectivity index (χ4n) is 2.74. The van der Waals surface area contributed by atoms with Gasteiger partial charge in [0.2, 0.25) is 0 Å². The summed E-state index contributed by atoms with van der Waals surface area (Å²) in [5.41, 5.74) is 2.57. The zero-order valence-electron chi connectivity index (χ0n) is 12.4. The summed E-state index contributed by atoms with van der Waals surface area (Å²) in [7, 11) is 3.72. The first-order valence-corrected chi connectivity index (χ1v) is 7.14. The van der Waals surface area contributed by atoms with Crippen molar-refractivity contribution in [2.45, 2.75) is 38.8 Å². The van der Waals surface area contributed by atoms with Crippen molar-refractivity contribution in [3.63, 3.8) is 0 Å². The standard InChI is InChI=1S/C16H25NO2/c1-5-19-16(12-6-7-12)15(17-3)14-9-8-13(18-4)10-11(14)2/h8-10,12,15-17H,5-7H2,1-4H3. The van der Waals surface area contributed by atoms with Crippen molar-refractivity contribution in [1.29, 1.82) is 0 Å². The van der Waals surface area contributed by atoms with Crippen LogP contribution in [-0.2, 0) is 4.74 Å². The number of ether oxygens (including phenoxy) is 2. The molecule has 1 N–H and O–H groups in total. The van der Waals surface area contributed by atoms with Gasteiger partial charge in [-0.1, -0.05) is 6.07 Å². The summed E-state index contributed by atoms with van der Waals surface area (Å²) in [6.45, 7) is 4.98. The van der Waals surface area contributed by atoms with E-state index in [4.69, 9.17) is 9.47 Å². The molecule has 2 atom stereocenters. The Morgan fingerprint density at radius 3 is 2.58 bits per heavy atom. The maximum atomic E-state index is 5.99. The van der Waals surface area contributed by atoms with Crippen molar-refractivity contribution in [2.75, 3.05) is 20.8 Å². The molecule has 1 aliphatic carbocycles. The van der Waals surface area contributed by atoms with Crippen LogP contribution in [-0.4, -0.2) is 26.9 Å². The summed E-state index contributed by atoms with van der Waals surface area (Å²) in [6.07, 6.45) is 2.86. The Morgan fingerprint density at radius 2 is 2.11 bits per heavy atom. The molecule has 0 spiro atoms. The minimum Gasteiger partial charge on any atom is -0.497 e. The largest absolute Gasteiger partial charge is 0.497 e. The molecule has 1 saturated carbocycles. The molecule has 1 aromatic rings. The molecular weight excluding hydrogens is 238 g/mol. The first-order chi connectivity index (χ1) is 9.21. The number of aryl methyl sites for hydroxylation is 1. The first kappa shape index (κ1) is 14.4. The van der Waals surface area contributed by atoms with Crippen LogP contribution in [0.1, 0.15) is 36.9 Å². The number of hydrogen-bond donors (Lipinski definition) is 1. The van der Waals surface area contributed by atoms with Gasteiger partial charge in [-0.15, -0.1) is 0 Å². The molecule has 0 amide bonds. The van der Waals surface area contributed by atoms with E-state index >= 15 is 0 Å². The number of nitrogens with one attached hydrogen (secondary N) is 1. The quantitative estimate of drug-likeness (QED) is 0.820. The summed E-state index contributed by atoms with van der Waals surface area (Å²) in [6, 6.07) is 6.54. The van der Waals surface area contributed by atoms with Gasteiger partial charge in [-0.25, -0.2) is 0 Å². The maximum absolute atomic E-state index is 5.99. The topological polar surface area (TPSA) is 30.5 Å². The fourth-order valence-corrected chi connectivity index (χ4v) is 2.74. The second-order valence-electron chi connectivity index (χ2n) is 5.25. The SMILES string of the molecule is CCOC(C1CC1)C(NC)c1ccc(OC)cc1C. The Bertz CT molecular complexity index is 415. The van der Waals surface area contributed by atoms with E-state index < -0.39 is 0 Å². The number of hydrogen-bond acceptors (Lipinski definition) is 3. The van der Waals surface area contributed by atoms with Crippen molar-refractivity contribution in [1.82, 2.24) is 5.32 Å². The van der Waals surface area contributed by atoms with E-state index in [2.05, 4.69) is 31.3 Å². The molecule has 1 fully saturated rings. The molecule has 1 aromatic carbocycles. The van der Waals surface area contributed by atoms with E-state index in [9.17, 15) is 0 Å². The molecule has 0 aliphatic heterocycles. The van der Waals surface area contributed by atoms with Gasteiger partial charge in [-0.3, -0.25) is 0 Å². The molecule has 2 unspecified atom stereocenters. The lowest BCUT2D eigenvalue weighted by molar-refractivity contribution is 0.0203. The van der Waals surface area contributed by atoms with Gasteiger partial charge < -0.3 is 14.8 Å². The van der Waals surface area contributed by atoms with Crippen molar-refractivity contribution in [3.8, 4) is 5.75 Å². The van der Waals surface area contributed by atoms with Crippen LogP contribution in [0.3, 0.4) is 0 Å². The summed E-state index contributed by atoms with van der Waals surface area (Å²) in [4.78, 5) is 0. The highest BCUT2D eigenvalue weighted by Gasteiger charge is 2.37. The fraction of sp³-hybridized carbons (Fsp3) is 0.625. The summed E-state index contributed by atoms with van der Waals surface area (Å²) >= 11 is 0. The van der Waals surface area contributed by atoms with Gasteiger partial charge in [-0.05, 0) is 62.9 Å². The molecule has 3 heteroatoms. The Balaban J connectivity index is 2.24. The van der Waals surface area contributed by atoms with E-state index in [0.717, 1.165) is 12.4 Å². The number of benzene rings is 1. The Labute approximate surface area is 116 Å². The van der Waals surface area contributed by atoms with Crippen LogP contribution in [0.15, 0.2) is 18.2 Å². The zero-order valence-corrected chi connectivity index (χ0v) is 12.4. The van der Waals surface area contributed by atoms with E-state index in [1.54, 1.807) is 7.11 Å². The van der Waals surface area contributed by atoms with E-state index in [0.29, 0.717) is 5.92 Å². The van der Waals surface area contributed by atoms with E-state index in [1.165, 1.54) is 24.0 Å². The average molecular weight is 263 g/mol. The van der Waals surface area contributed by atoms with Crippen LogP contribution < -0.4 is 10.1 Å². The Morgan fingerprint density at radius 1 is 1.37 bits per heavy atom. The minimum absolute atomic E-state index is 0.262. The normalized spacial score (nSPS) is 18.1. The van der Waals surface area contributed by atoms with Gasteiger partial charge in [0.15, 0.2) is 0 Å². The lowest BCUT2D eigenvalue weighted by Crippen LogP contribution is -2.34. The highest BCUT2D eigenvalue weighted by Crippen LogP contribution is 2.40. The van der Waals surface area contributed by atoms with Crippen molar-refractivity contribution in [2.24, 2.45) is 5.92 Å². The third-order valence-electron chi connectivity index (χ3n) is 3.90. The van der Waals surface area contributed by atoms with Crippen LogP contribution in [0.25, 0.3) is 0 Å². The number of methoxy groups -OCH3 is 1. The third-order valence-corrected chi connectivity index (χ3v) is 3.90. The summed E-state index contributed by atoms with van der Waals surface area (Å²) < 4.78 is 11.3. The van der Waals surface area contributed by atoms with Crippen molar-refractivity contribution < 1.29 is 9.47 Å². The van der Waals surface area contributed by atoms with E-state index in [-0.39, 0.29) is 12.1 Å². The lowest BCUT2D eigenvalue weighted by Gasteiger charge is -2.28. The Kier molecular flexibility index (Phi) is 4.83. The Hall–Kier alpha value is -1.06. The summed E-state index contributed by atoms with van der Waals surface area (Å²) in [5.74, 6) is 1.62. The second kappa shape index (κ2) is 6.40. The molecule has 0 aromatic heterocycles. The zero-order chi connectivity index (χ0) is 13.8. The molecule has 1 aliphatic rings. The molecule has 0 bridgehead atoms. The van der Waals surface area contributed by atoms with Crippen LogP contribution >= 0.6 is 0 Å². The van der Waals surface area contributed by atoms with Crippen LogP contribution in [0, 0.1) is 12.8 Å².